The van der Waals surface area contributed by atoms with E-state index in [0.29, 0.717) is 5.11 Å². The molecule has 1 aromatic rings. The molecule has 0 radical (unpaired) electrons. The van der Waals surface area contributed by atoms with Gasteiger partial charge in [-0.2, -0.15) is 0 Å². The molecule has 0 spiro atoms. The first-order chi connectivity index (χ1) is 9.61. The van der Waals surface area contributed by atoms with Crippen LogP contribution in [0.5, 0.6) is 5.75 Å². The van der Waals surface area contributed by atoms with E-state index in [-0.39, 0.29) is 0 Å². The highest BCUT2D eigenvalue weighted by Gasteiger charge is 2.19. The second kappa shape index (κ2) is 6.88. The van der Waals surface area contributed by atoms with Gasteiger partial charge in [-0.05, 0) is 31.4 Å². The molecule has 1 N–H and O–H groups in total. The summed E-state index contributed by atoms with van der Waals surface area (Å²) >= 11 is 5.48. The van der Waals surface area contributed by atoms with E-state index in [1.165, 1.54) is 0 Å². The van der Waals surface area contributed by atoms with Crippen molar-refractivity contribution in [2.24, 2.45) is 0 Å². The molecule has 0 unspecified atom stereocenters. The number of hydrogen-bond acceptors (Lipinski definition) is 4. The summed E-state index contributed by atoms with van der Waals surface area (Å²) in [6.07, 6.45) is 0. The van der Waals surface area contributed by atoms with E-state index in [9.17, 15) is 0 Å². The number of hydrogen-bond donors (Lipinski definition) is 1. The lowest BCUT2D eigenvalue weighted by Crippen LogP contribution is -2.54. The van der Waals surface area contributed by atoms with Crippen molar-refractivity contribution in [2.45, 2.75) is 0 Å². The average molecular weight is 294 g/mol. The summed E-state index contributed by atoms with van der Waals surface area (Å²) in [4.78, 5) is 2.32. The Morgan fingerprint density at radius 2 is 1.90 bits per heavy atom. The molecule has 0 amide bonds. The number of thiocarbonyl (C=S) groups is 1. The van der Waals surface area contributed by atoms with Crippen molar-refractivity contribution in [2.75, 3.05) is 52.7 Å². The molecule has 1 aliphatic rings. The highest BCUT2D eigenvalue weighted by molar-refractivity contribution is 7.80. The van der Waals surface area contributed by atoms with Crippen molar-refractivity contribution in [3.63, 3.8) is 0 Å². The van der Waals surface area contributed by atoms with Crippen molar-refractivity contribution in [1.82, 2.24) is 14.9 Å². The third-order valence-electron chi connectivity index (χ3n) is 3.55. The van der Waals surface area contributed by atoms with Gasteiger partial charge in [-0.1, -0.05) is 12.1 Å². The van der Waals surface area contributed by atoms with Gasteiger partial charge in [0.25, 0.3) is 0 Å². The second-order valence-electron chi connectivity index (χ2n) is 4.91. The van der Waals surface area contributed by atoms with Gasteiger partial charge in [0.15, 0.2) is 5.11 Å². The molecule has 110 valence electrons. The molecule has 0 aromatic heterocycles. The SMILES string of the molecule is COc1ccccc1NC(=S)N(C)N1CCN(C)CC1. The molecule has 0 atom stereocenters. The van der Waals surface area contributed by atoms with E-state index < -0.39 is 0 Å². The Labute approximate surface area is 126 Å². The van der Waals surface area contributed by atoms with Crippen molar-refractivity contribution < 1.29 is 4.74 Å². The summed E-state index contributed by atoms with van der Waals surface area (Å²) in [5.41, 5.74) is 0.890. The molecular weight excluding hydrogens is 272 g/mol. The highest BCUT2D eigenvalue weighted by Crippen LogP contribution is 2.23. The summed E-state index contributed by atoms with van der Waals surface area (Å²) in [5, 5.41) is 8.19. The predicted molar refractivity (Wildman–Crippen MR) is 86.0 cm³/mol. The molecule has 1 aliphatic heterocycles. The van der Waals surface area contributed by atoms with Gasteiger partial charge in [-0.3, -0.25) is 5.01 Å². The Morgan fingerprint density at radius 3 is 2.55 bits per heavy atom. The Bertz CT molecular complexity index is 460. The zero-order valence-electron chi connectivity index (χ0n) is 12.3. The van der Waals surface area contributed by atoms with Gasteiger partial charge >= 0.3 is 0 Å². The number of piperazine rings is 1. The number of nitrogens with zero attached hydrogens (tertiary/aromatic N) is 3. The first kappa shape index (κ1) is 15.0. The van der Waals surface area contributed by atoms with Crippen LogP contribution in [-0.4, -0.2) is 67.4 Å². The number of ether oxygens (including phenoxy) is 1. The Kier molecular flexibility index (Phi) is 5.17. The monoisotopic (exact) mass is 294 g/mol. The number of para-hydroxylation sites is 2. The maximum atomic E-state index is 5.48. The molecule has 1 heterocycles. The lowest BCUT2D eigenvalue weighted by Gasteiger charge is -2.39. The van der Waals surface area contributed by atoms with E-state index in [1.807, 2.05) is 36.3 Å². The van der Waals surface area contributed by atoms with Crippen LogP contribution in [0, 0.1) is 0 Å². The highest BCUT2D eigenvalue weighted by atomic mass is 32.1. The molecule has 1 saturated heterocycles. The van der Waals surface area contributed by atoms with E-state index in [0.717, 1.165) is 37.6 Å². The fraction of sp³-hybridized carbons (Fsp3) is 0.500. The van der Waals surface area contributed by atoms with Crippen molar-refractivity contribution in [1.29, 1.82) is 0 Å². The van der Waals surface area contributed by atoms with Crippen LogP contribution in [-0.2, 0) is 0 Å². The van der Waals surface area contributed by atoms with Gasteiger partial charge < -0.3 is 15.0 Å². The molecule has 20 heavy (non-hydrogen) atoms. The van der Waals surface area contributed by atoms with Gasteiger partial charge in [-0.15, -0.1) is 0 Å². The van der Waals surface area contributed by atoms with Crippen molar-refractivity contribution in [3.05, 3.63) is 24.3 Å². The second-order valence-corrected chi connectivity index (χ2v) is 5.30. The minimum absolute atomic E-state index is 0.680. The van der Waals surface area contributed by atoms with Gasteiger partial charge in [0.1, 0.15) is 5.75 Å². The van der Waals surface area contributed by atoms with Gasteiger partial charge in [-0.25, -0.2) is 5.01 Å². The number of nitrogens with one attached hydrogen (secondary N) is 1. The quantitative estimate of drug-likeness (QED) is 0.850. The standard InChI is InChI=1S/C14H22N4OS/c1-16-8-10-18(11-9-16)17(2)14(20)15-12-6-4-5-7-13(12)19-3/h4-7H,8-11H2,1-3H3,(H,15,20). The molecule has 5 nitrogen and oxygen atoms in total. The Morgan fingerprint density at radius 1 is 1.25 bits per heavy atom. The van der Waals surface area contributed by atoms with Crippen molar-refractivity contribution in [3.8, 4) is 5.75 Å². The number of rotatable bonds is 3. The molecular formula is C14H22N4OS. The summed E-state index contributed by atoms with van der Waals surface area (Å²) < 4.78 is 5.32. The molecule has 0 saturated carbocycles. The van der Waals surface area contributed by atoms with Gasteiger partial charge in [0.2, 0.25) is 0 Å². The van der Waals surface area contributed by atoms with Crippen LogP contribution in [0.25, 0.3) is 0 Å². The van der Waals surface area contributed by atoms with E-state index in [1.54, 1.807) is 7.11 Å². The predicted octanol–water partition coefficient (Wildman–Crippen LogP) is 1.49. The molecule has 2 rings (SSSR count). The summed E-state index contributed by atoms with van der Waals surface area (Å²) in [6, 6.07) is 7.78. The van der Waals surface area contributed by atoms with Crippen LogP contribution in [0.15, 0.2) is 24.3 Å². The van der Waals surface area contributed by atoms with E-state index >= 15 is 0 Å². The third kappa shape index (κ3) is 3.59. The van der Waals surface area contributed by atoms with Crippen LogP contribution in [0.3, 0.4) is 0 Å². The van der Waals surface area contributed by atoms with E-state index in [4.69, 9.17) is 17.0 Å². The maximum absolute atomic E-state index is 5.48. The zero-order valence-corrected chi connectivity index (χ0v) is 13.1. The fourth-order valence-electron chi connectivity index (χ4n) is 2.17. The summed E-state index contributed by atoms with van der Waals surface area (Å²) in [5.74, 6) is 0.793. The lowest BCUT2D eigenvalue weighted by molar-refractivity contribution is 0.0233. The Balaban J connectivity index is 1.97. The maximum Gasteiger partial charge on any atom is 0.188 e. The average Bonchev–Trinajstić information content (AvgIpc) is 2.48. The minimum Gasteiger partial charge on any atom is -0.495 e. The van der Waals surface area contributed by atoms with Crippen LogP contribution >= 0.6 is 12.2 Å². The molecule has 1 fully saturated rings. The van der Waals surface area contributed by atoms with Gasteiger partial charge in [0, 0.05) is 33.2 Å². The Hall–Kier alpha value is -1.37. The van der Waals surface area contributed by atoms with Crippen LogP contribution in [0.4, 0.5) is 5.69 Å². The molecule has 0 aliphatic carbocycles. The topological polar surface area (TPSA) is 31.0 Å². The van der Waals surface area contributed by atoms with Crippen molar-refractivity contribution >= 4 is 23.0 Å². The zero-order chi connectivity index (χ0) is 14.5. The fourth-order valence-corrected chi connectivity index (χ4v) is 2.39. The number of methoxy groups -OCH3 is 1. The van der Waals surface area contributed by atoms with Crippen LogP contribution < -0.4 is 10.1 Å². The molecule has 6 heteroatoms. The minimum atomic E-state index is 0.680. The number of anilines is 1. The number of benzene rings is 1. The van der Waals surface area contributed by atoms with Crippen LogP contribution in [0.1, 0.15) is 0 Å². The van der Waals surface area contributed by atoms with Gasteiger partial charge in [0.05, 0.1) is 12.8 Å². The number of likely N-dealkylation sites (N-methyl/N-ethyl adjacent to an activating group) is 1. The normalized spacial score (nSPS) is 16.8. The first-order valence-electron chi connectivity index (χ1n) is 6.73. The first-order valence-corrected chi connectivity index (χ1v) is 7.14. The van der Waals surface area contributed by atoms with E-state index in [2.05, 4.69) is 22.3 Å². The van der Waals surface area contributed by atoms with Crippen LogP contribution in [0.2, 0.25) is 0 Å². The third-order valence-corrected chi connectivity index (χ3v) is 3.91. The summed E-state index contributed by atoms with van der Waals surface area (Å²) in [6.45, 7) is 4.09. The summed E-state index contributed by atoms with van der Waals surface area (Å²) in [7, 11) is 5.80. The molecule has 0 bridgehead atoms. The number of hydrazine groups is 1. The molecule has 1 aromatic carbocycles. The largest absolute Gasteiger partial charge is 0.495 e. The lowest BCUT2D eigenvalue weighted by atomic mass is 10.3. The smallest absolute Gasteiger partial charge is 0.188 e.